The van der Waals surface area contributed by atoms with Gasteiger partial charge < -0.3 is 20.3 Å². The van der Waals surface area contributed by atoms with Gasteiger partial charge in [-0.2, -0.15) is 4.31 Å². The number of benzene rings is 2. The van der Waals surface area contributed by atoms with Gasteiger partial charge in [0.2, 0.25) is 15.9 Å². The topological polar surface area (TPSA) is 108 Å². The lowest BCUT2D eigenvalue weighted by molar-refractivity contribution is -0.121. The van der Waals surface area contributed by atoms with E-state index < -0.39 is 15.9 Å². The minimum atomic E-state index is -3.85. The fourth-order valence-corrected chi connectivity index (χ4v) is 6.56. The van der Waals surface area contributed by atoms with E-state index in [0.717, 1.165) is 30.0 Å². The Hall–Kier alpha value is -3.11. The number of nitrogens with one attached hydrogen (secondary N) is 2. The van der Waals surface area contributed by atoms with E-state index in [1.54, 1.807) is 13.0 Å². The predicted octanol–water partition coefficient (Wildman–Crippen LogP) is 3.52. The molecule has 0 aromatic heterocycles. The predicted molar refractivity (Wildman–Crippen MR) is 140 cm³/mol. The molecule has 0 radical (unpaired) electrons. The second kappa shape index (κ2) is 10.5. The molecule has 2 aromatic carbocycles. The molecule has 36 heavy (non-hydrogen) atoms. The summed E-state index contributed by atoms with van der Waals surface area (Å²) in [6, 6.07) is 9.04. The number of ether oxygens (including phenoxy) is 1. The van der Waals surface area contributed by atoms with Crippen molar-refractivity contribution >= 4 is 38.9 Å². The van der Waals surface area contributed by atoms with Crippen LogP contribution in [-0.2, 0) is 19.6 Å². The van der Waals surface area contributed by atoms with Gasteiger partial charge in [0.15, 0.2) is 6.61 Å². The second-order valence-electron chi connectivity index (χ2n) is 9.31. The van der Waals surface area contributed by atoms with Gasteiger partial charge in [0.25, 0.3) is 5.91 Å². The lowest BCUT2D eigenvalue weighted by atomic mass is 9.98. The average molecular weight is 515 g/mol. The van der Waals surface area contributed by atoms with Crippen molar-refractivity contribution in [2.75, 3.05) is 48.3 Å². The monoisotopic (exact) mass is 514 g/mol. The number of carbonyl (C=O) groups is 2. The summed E-state index contributed by atoms with van der Waals surface area (Å²) in [6.45, 7) is 9.96. The molecule has 0 spiro atoms. The van der Waals surface area contributed by atoms with E-state index in [1.807, 2.05) is 19.1 Å². The van der Waals surface area contributed by atoms with Gasteiger partial charge in [-0.25, -0.2) is 8.42 Å². The van der Waals surface area contributed by atoms with Gasteiger partial charge >= 0.3 is 0 Å². The van der Waals surface area contributed by atoms with Crippen LogP contribution in [0.15, 0.2) is 35.2 Å². The first-order valence-electron chi connectivity index (χ1n) is 12.4. The van der Waals surface area contributed by atoms with Crippen LogP contribution in [-0.4, -0.2) is 57.3 Å². The van der Waals surface area contributed by atoms with Crippen molar-refractivity contribution in [3.05, 3.63) is 41.5 Å². The molecule has 10 heteroatoms. The van der Waals surface area contributed by atoms with Crippen LogP contribution in [0.25, 0.3) is 0 Å². The molecule has 1 fully saturated rings. The summed E-state index contributed by atoms with van der Waals surface area (Å²) in [5.74, 6) is -0.584. The number of hydrogen-bond donors (Lipinski definition) is 2. The van der Waals surface area contributed by atoms with Crippen LogP contribution >= 0.6 is 0 Å². The van der Waals surface area contributed by atoms with Gasteiger partial charge in [0.1, 0.15) is 5.75 Å². The Balaban J connectivity index is 1.49. The minimum Gasteiger partial charge on any atom is -0.482 e. The van der Waals surface area contributed by atoms with Gasteiger partial charge in [-0.1, -0.05) is 0 Å². The molecule has 2 heterocycles. The van der Waals surface area contributed by atoms with Crippen LogP contribution in [0.1, 0.15) is 37.8 Å². The summed E-state index contributed by atoms with van der Waals surface area (Å²) in [5.41, 5.74) is 3.77. The molecule has 2 amide bonds. The van der Waals surface area contributed by atoms with Crippen molar-refractivity contribution in [2.24, 2.45) is 5.92 Å². The Morgan fingerprint density at radius 1 is 1.17 bits per heavy atom. The highest BCUT2D eigenvalue weighted by molar-refractivity contribution is 7.89. The van der Waals surface area contributed by atoms with Crippen LogP contribution in [0.2, 0.25) is 0 Å². The molecule has 1 unspecified atom stereocenters. The largest absolute Gasteiger partial charge is 0.482 e. The zero-order chi connectivity index (χ0) is 26.0. The Morgan fingerprint density at radius 2 is 1.92 bits per heavy atom. The molecule has 2 aromatic rings. The first-order chi connectivity index (χ1) is 17.1. The number of fused-ring (bicyclic) bond motifs is 1. The molecule has 4 rings (SSSR count). The third kappa shape index (κ3) is 5.19. The van der Waals surface area contributed by atoms with Crippen molar-refractivity contribution < 1.29 is 22.7 Å². The maximum Gasteiger partial charge on any atom is 0.262 e. The average Bonchev–Trinajstić information content (AvgIpc) is 2.85. The Kier molecular flexibility index (Phi) is 7.56. The molecule has 0 bridgehead atoms. The number of rotatable bonds is 7. The summed E-state index contributed by atoms with van der Waals surface area (Å²) in [7, 11) is -3.85. The van der Waals surface area contributed by atoms with Gasteiger partial charge in [-0.05, 0) is 75.9 Å². The molecule has 2 N–H and O–H groups in total. The smallest absolute Gasteiger partial charge is 0.262 e. The molecule has 194 valence electrons. The highest BCUT2D eigenvalue weighted by Crippen LogP contribution is 2.35. The van der Waals surface area contributed by atoms with Crippen LogP contribution in [0.4, 0.5) is 17.1 Å². The van der Waals surface area contributed by atoms with Gasteiger partial charge in [-0.15, -0.1) is 0 Å². The van der Waals surface area contributed by atoms with E-state index in [0.29, 0.717) is 36.4 Å². The van der Waals surface area contributed by atoms with Crippen LogP contribution in [0.5, 0.6) is 5.75 Å². The number of hydrogen-bond acceptors (Lipinski definition) is 6. The number of sulfonamides is 1. The first kappa shape index (κ1) is 26.0. The second-order valence-corrected chi connectivity index (χ2v) is 11.2. The summed E-state index contributed by atoms with van der Waals surface area (Å²) >= 11 is 0. The number of nitrogens with zero attached hydrogens (tertiary/aromatic N) is 2. The molecular formula is C26H34N4O5S. The first-order valence-corrected chi connectivity index (χ1v) is 13.8. The van der Waals surface area contributed by atoms with Crippen molar-refractivity contribution in [1.82, 2.24) is 4.31 Å². The Bertz CT molecular complexity index is 1270. The van der Waals surface area contributed by atoms with Gasteiger partial charge in [0.05, 0.1) is 16.5 Å². The number of amides is 2. The SMILES string of the molecule is CCN(CC)c1ccc(NC(=O)C2CCCN(S(=O)(=O)c3cc4c(cc3C)NC(=O)CO4)C2)c(C)c1. The molecule has 9 nitrogen and oxygen atoms in total. The van der Waals surface area contributed by atoms with E-state index in [1.165, 1.54) is 10.4 Å². The van der Waals surface area contributed by atoms with Crippen molar-refractivity contribution in [2.45, 2.75) is 45.4 Å². The normalized spacial score (nSPS) is 18.1. The van der Waals surface area contributed by atoms with E-state index in [2.05, 4.69) is 35.4 Å². The lowest BCUT2D eigenvalue weighted by Crippen LogP contribution is -2.44. The van der Waals surface area contributed by atoms with Crippen molar-refractivity contribution in [3.63, 3.8) is 0 Å². The number of carbonyl (C=O) groups excluding carboxylic acids is 2. The standard InChI is InChI=1S/C26H34N4O5S/c1-5-29(6-2)20-9-10-21(17(3)12-20)28-26(32)19-8-7-11-30(15-19)36(33,34)24-14-23-22(13-18(24)4)27-25(31)16-35-23/h9-10,12-14,19H,5-8,11,15-16H2,1-4H3,(H,27,31)(H,28,32). The van der Waals surface area contributed by atoms with E-state index in [9.17, 15) is 18.0 Å². The van der Waals surface area contributed by atoms with Crippen LogP contribution in [0, 0.1) is 19.8 Å². The summed E-state index contributed by atoms with van der Waals surface area (Å²) in [5, 5.41) is 5.71. The number of piperidine rings is 1. The molecule has 0 saturated carbocycles. The molecule has 0 aliphatic carbocycles. The molecule has 2 aliphatic heterocycles. The van der Waals surface area contributed by atoms with Gasteiger partial charge in [0, 0.05) is 43.6 Å². The van der Waals surface area contributed by atoms with Crippen molar-refractivity contribution in [1.29, 1.82) is 0 Å². The summed E-state index contributed by atoms with van der Waals surface area (Å²) < 4.78 is 33.9. The maximum absolute atomic E-state index is 13.5. The Labute approximate surface area is 212 Å². The number of aryl methyl sites for hydroxylation is 2. The highest BCUT2D eigenvalue weighted by atomic mass is 32.2. The maximum atomic E-state index is 13.5. The van der Waals surface area contributed by atoms with Crippen LogP contribution in [0.3, 0.4) is 0 Å². The molecule has 1 atom stereocenters. The quantitative estimate of drug-likeness (QED) is 0.585. The zero-order valence-electron chi connectivity index (χ0n) is 21.3. The third-order valence-corrected chi connectivity index (χ3v) is 8.89. The molecule has 1 saturated heterocycles. The van der Waals surface area contributed by atoms with E-state index in [4.69, 9.17) is 4.74 Å². The highest BCUT2D eigenvalue weighted by Gasteiger charge is 2.35. The lowest BCUT2D eigenvalue weighted by Gasteiger charge is -2.32. The Morgan fingerprint density at radius 3 is 2.61 bits per heavy atom. The van der Waals surface area contributed by atoms with Gasteiger partial charge in [-0.3, -0.25) is 9.59 Å². The molecule has 2 aliphatic rings. The summed E-state index contributed by atoms with van der Waals surface area (Å²) in [4.78, 5) is 27.1. The number of anilines is 3. The summed E-state index contributed by atoms with van der Waals surface area (Å²) in [6.07, 6.45) is 1.21. The third-order valence-electron chi connectivity index (χ3n) is 6.88. The van der Waals surface area contributed by atoms with E-state index in [-0.39, 0.29) is 29.9 Å². The fraction of sp³-hybridized carbons (Fsp3) is 0.462. The van der Waals surface area contributed by atoms with Crippen molar-refractivity contribution in [3.8, 4) is 5.75 Å². The minimum absolute atomic E-state index is 0.110. The molecular weight excluding hydrogens is 480 g/mol. The fourth-order valence-electron chi connectivity index (χ4n) is 4.82. The van der Waals surface area contributed by atoms with E-state index >= 15 is 0 Å². The zero-order valence-corrected chi connectivity index (χ0v) is 22.1. The van der Waals surface area contributed by atoms with Crippen LogP contribution < -0.4 is 20.3 Å².